The normalized spacial score (nSPS) is 20.8. The molecule has 2 atom stereocenters. The summed E-state index contributed by atoms with van der Waals surface area (Å²) in [6, 6.07) is 7.52. The van der Waals surface area contributed by atoms with Gasteiger partial charge in [0, 0.05) is 5.92 Å². The molecule has 0 bridgehead atoms. The van der Waals surface area contributed by atoms with Gasteiger partial charge in [0.2, 0.25) is 10.6 Å². The van der Waals surface area contributed by atoms with Crippen molar-refractivity contribution < 1.29 is 8.83 Å². The Kier molecular flexibility index (Phi) is 3.07. The minimum Gasteiger partial charge on any atom is -0.461 e. The van der Waals surface area contributed by atoms with Crippen LogP contribution in [0, 0.1) is 10.7 Å². The van der Waals surface area contributed by atoms with Crippen molar-refractivity contribution in [2.45, 2.75) is 19.3 Å². The maximum absolute atomic E-state index is 5.80. The Morgan fingerprint density at radius 2 is 2.32 bits per heavy atom. The second kappa shape index (κ2) is 5.10. The summed E-state index contributed by atoms with van der Waals surface area (Å²) in [4.78, 5) is 0. The lowest BCUT2D eigenvalue weighted by Crippen LogP contribution is -1.93. The van der Waals surface area contributed by atoms with Crippen LogP contribution in [-0.2, 0) is 0 Å². The van der Waals surface area contributed by atoms with Crippen molar-refractivity contribution >= 4 is 18.4 Å². The van der Waals surface area contributed by atoms with Gasteiger partial charge in [0.1, 0.15) is 11.5 Å². The van der Waals surface area contributed by atoms with Gasteiger partial charge in [-0.25, -0.2) is 5.10 Å². The van der Waals surface area contributed by atoms with Gasteiger partial charge in [-0.3, -0.25) is 0 Å². The van der Waals surface area contributed by atoms with Gasteiger partial charge in [-0.05, 0) is 48.8 Å². The minimum absolute atomic E-state index is 0.394. The number of aromatic amines is 1. The van der Waals surface area contributed by atoms with E-state index in [9.17, 15) is 0 Å². The van der Waals surface area contributed by atoms with Gasteiger partial charge in [-0.15, -0.1) is 5.10 Å². The van der Waals surface area contributed by atoms with Gasteiger partial charge < -0.3 is 8.83 Å². The molecule has 4 rings (SSSR count). The maximum atomic E-state index is 5.80. The zero-order valence-corrected chi connectivity index (χ0v) is 12.7. The summed E-state index contributed by atoms with van der Waals surface area (Å²) in [5.41, 5.74) is 0. The second-order valence-corrected chi connectivity index (χ2v) is 5.83. The molecule has 1 aliphatic carbocycles. The third-order valence-corrected chi connectivity index (χ3v) is 4.08. The van der Waals surface area contributed by atoms with E-state index in [1.807, 2.05) is 12.1 Å². The molecule has 6 nitrogen and oxygen atoms in total. The topological polar surface area (TPSA) is 72.2 Å². The molecule has 3 aromatic heterocycles. The fourth-order valence-electron chi connectivity index (χ4n) is 2.43. The van der Waals surface area contributed by atoms with E-state index in [-0.39, 0.29) is 0 Å². The minimum atomic E-state index is 0.394. The predicted molar refractivity (Wildman–Crippen MR) is 83.3 cm³/mol. The van der Waals surface area contributed by atoms with E-state index in [0.717, 1.165) is 5.76 Å². The van der Waals surface area contributed by atoms with E-state index >= 15 is 0 Å². The first-order valence-electron chi connectivity index (χ1n) is 7.08. The van der Waals surface area contributed by atoms with E-state index in [2.05, 4.69) is 22.2 Å². The van der Waals surface area contributed by atoms with Gasteiger partial charge in [-0.1, -0.05) is 6.92 Å². The van der Waals surface area contributed by atoms with Crippen molar-refractivity contribution in [3.05, 3.63) is 46.8 Å². The predicted octanol–water partition coefficient (Wildman–Crippen LogP) is 3.80. The molecule has 0 saturated heterocycles. The largest absolute Gasteiger partial charge is 0.461 e. The van der Waals surface area contributed by atoms with Crippen molar-refractivity contribution in [1.82, 2.24) is 14.9 Å². The Labute approximate surface area is 131 Å². The Bertz CT molecular complexity index is 872. The van der Waals surface area contributed by atoms with E-state index in [1.54, 1.807) is 24.6 Å². The second-order valence-electron chi connectivity index (χ2n) is 5.45. The number of nitrogens with one attached hydrogen (secondary N) is 1. The fourth-order valence-corrected chi connectivity index (χ4v) is 2.61. The average Bonchev–Trinajstić information content (AvgIpc) is 2.99. The van der Waals surface area contributed by atoms with E-state index in [4.69, 9.17) is 21.1 Å². The molecular weight excluding hydrogens is 300 g/mol. The first-order valence-corrected chi connectivity index (χ1v) is 7.48. The highest BCUT2D eigenvalue weighted by atomic mass is 32.1. The van der Waals surface area contributed by atoms with Crippen molar-refractivity contribution in [1.29, 1.82) is 0 Å². The molecule has 0 aliphatic heterocycles. The van der Waals surface area contributed by atoms with Gasteiger partial charge in [-0.2, -0.15) is 9.78 Å². The van der Waals surface area contributed by atoms with Gasteiger partial charge in [0.25, 0.3) is 0 Å². The molecule has 22 heavy (non-hydrogen) atoms. The molecule has 1 saturated carbocycles. The Hall–Kier alpha value is -2.41. The van der Waals surface area contributed by atoms with Crippen LogP contribution in [0.15, 0.2) is 44.5 Å². The molecule has 7 heteroatoms. The molecule has 0 aromatic carbocycles. The highest BCUT2D eigenvalue weighted by Crippen LogP contribution is 2.47. The number of furan rings is 2. The molecule has 0 unspecified atom stereocenters. The van der Waals surface area contributed by atoms with E-state index < -0.39 is 0 Å². The molecule has 3 aromatic rings. The average molecular weight is 314 g/mol. The summed E-state index contributed by atoms with van der Waals surface area (Å²) in [6.07, 6.45) is 4.41. The Morgan fingerprint density at radius 3 is 3.05 bits per heavy atom. The SMILES string of the molecule is C[C@H]1C[C@@H]1c1ccc(/C=N\n2c(-c3ccco3)n[nH]c2=S)o1. The number of aromatic nitrogens is 3. The summed E-state index contributed by atoms with van der Waals surface area (Å²) in [5, 5.41) is 11.2. The number of hydrogen-bond acceptors (Lipinski definition) is 5. The molecule has 1 fully saturated rings. The third-order valence-electron chi connectivity index (χ3n) is 3.81. The lowest BCUT2D eigenvalue weighted by Gasteiger charge is -1.96. The van der Waals surface area contributed by atoms with Crippen LogP contribution in [0.5, 0.6) is 0 Å². The smallest absolute Gasteiger partial charge is 0.219 e. The number of rotatable bonds is 4. The molecular formula is C15H14N4O2S. The van der Waals surface area contributed by atoms with Gasteiger partial charge in [0.05, 0.1) is 12.5 Å². The van der Waals surface area contributed by atoms with Crippen molar-refractivity contribution in [3.8, 4) is 11.6 Å². The van der Waals surface area contributed by atoms with Crippen LogP contribution in [0.4, 0.5) is 0 Å². The van der Waals surface area contributed by atoms with Crippen LogP contribution in [0.25, 0.3) is 11.6 Å². The van der Waals surface area contributed by atoms with Crippen LogP contribution in [0.1, 0.15) is 30.8 Å². The summed E-state index contributed by atoms with van der Waals surface area (Å²) in [7, 11) is 0. The van der Waals surface area contributed by atoms with Crippen LogP contribution in [-0.4, -0.2) is 21.1 Å². The van der Waals surface area contributed by atoms with Crippen LogP contribution in [0.3, 0.4) is 0 Å². The van der Waals surface area contributed by atoms with Crippen LogP contribution < -0.4 is 0 Å². The number of hydrogen-bond donors (Lipinski definition) is 1. The highest BCUT2D eigenvalue weighted by Gasteiger charge is 2.36. The standard InChI is InChI=1S/C15H14N4O2S/c1-9-7-11(9)12-5-4-10(21-12)8-16-19-14(17-18-15(19)22)13-3-2-6-20-13/h2-6,8-9,11H,7H2,1H3,(H,18,22)/b16-8-/t9-,11-/m0/s1. The molecule has 1 aliphatic rings. The third kappa shape index (κ3) is 2.33. The Balaban J connectivity index is 1.62. The zero-order valence-electron chi connectivity index (χ0n) is 11.9. The molecule has 3 heterocycles. The quantitative estimate of drug-likeness (QED) is 0.587. The molecule has 0 radical (unpaired) electrons. The lowest BCUT2D eigenvalue weighted by molar-refractivity contribution is 0.500. The fraction of sp³-hybridized carbons (Fsp3) is 0.267. The highest BCUT2D eigenvalue weighted by molar-refractivity contribution is 7.71. The van der Waals surface area contributed by atoms with E-state index in [1.165, 1.54) is 11.1 Å². The Morgan fingerprint density at radius 1 is 1.45 bits per heavy atom. The number of nitrogens with zero attached hydrogens (tertiary/aromatic N) is 3. The van der Waals surface area contributed by atoms with Crippen molar-refractivity contribution in [3.63, 3.8) is 0 Å². The van der Waals surface area contributed by atoms with Crippen molar-refractivity contribution in [2.75, 3.05) is 0 Å². The summed E-state index contributed by atoms with van der Waals surface area (Å²) >= 11 is 5.19. The molecule has 0 amide bonds. The van der Waals surface area contributed by atoms with Gasteiger partial charge in [0.15, 0.2) is 5.76 Å². The molecule has 112 valence electrons. The van der Waals surface area contributed by atoms with E-state index in [0.29, 0.717) is 34.0 Å². The van der Waals surface area contributed by atoms with Crippen LogP contribution >= 0.6 is 12.2 Å². The summed E-state index contributed by atoms with van der Waals surface area (Å²) in [5.74, 6) is 4.10. The monoisotopic (exact) mass is 314 g/mol. The summed E-state index contributed by atoms with van der Waals surface area (Å²) in [6.45, 7) is 2.22. The van der Waals surface area contributed by atoms with Crippen LogP contribution in [0.2, 0.25) is 0 Å². The van der Waals surface area contributed by atoms with Gasteiger partial charge >= 0.3 is 0 Å². The molecule has 1 N–H and O–H groups in total. The lowest BCUT2D eigenvalue weighted by atomic mass is 10.3. The first-order chi connectivity index (χ1) is 10.7. The molecule has 0 spiro atoms. The first kappa shape index (κ1) is 13.3. The maximum Gasteiger partial charge on any atom is 0.219 e. The summed E-state index contributed by atoms with van der Waals surface area (Å²) < 4.78 is 13.0. The number of H-pyrrole nitrogens is 1. The zero-order chi connectivity index (χ0) is 15.1. The van der Waals surface area contributed by atoms with Crippen molar-refractivity contribution in [2.24, 2.45) is 11.0 Å².